The molecule has 1 aliphatic heterocycles. The van der Waals surface area contributed by atoms with Crippen LogP contribution in [0.4, 0.5) is 0 Å². The van der Waals surface area contributed by atoms with Gasteiger partial charge in [0.1, 0.15) is 11.9 Å². The molecule has 4 nitrogen and oxygen atoms in total. The first-order valence-corrected chi connectivity index (χ1v) is 8.38. The Morgan fingerprint density at radius 3 is 2.67 bits per heavy atom. The number of halogens is 1. The highest BCUT2D eigenvalue weighted by atomic mass is 79.9. The molecule has 1 N–H and O–H groups in total. The van der Waals surface area contributed by atoms with Gasteiger partial charge in [0.25, 0.3) is 0 Å². The summed E-state index contributed by atoms with van der Waals surface area (Å²) >= 11 is 3.41. The summed E-state index contributed by atoms with van der Waals surface area (Å²) < 4.78 is 28.5. The molecule has 100 valence electrons. The van der Waals surface area contributed by atoms with Gasteiger partial charge in [-0.2, -0.15) is 0 Å². The molecule has 6 heteroatoms. The number of rotatable bonds is 5. The van der Waals surface area contributed by atoms with Crippen LogP contribution in [0.15, 0.2) is 22.7 Å². The van der Waals surface area contributed by atoms with E-state index in [1.54, 1.807) is 0 Å². The van der Waals surface area contributed by atoms with Crippen LogP contribution in [0.25, 0.3) is 0 Å². The fourth-order valence-corrected chi connectivity index (χ4v) is 3.53. The lowest BCUT2D eigenvalue weighted by Gasteiger charge is -2.27. The van der Waals surface area contributed by atoms with Gasteiger partial charge in [-0.3, -0.25) is 0 Å². The van der Waals surface area contributed by atoms with E-state index in [-0.39, 0.29) is 24.2 Å². The van der Waals surface area contributed by atoms with Gasteiger partial charge in [-0.25, -0.2) is 8.42 Å². The van der Waals surface area contributed by atoms with Crippen LogP contribution < -0.4 is 4.74 Å². The van der Waals surface area contributed by atoms with Gasteiger partial charge >= 0.3 is 0 Å². The van der Waals surface area contributed by atoms with Crippen LogP contribution in [0, 0.1) is 0 Å². The van der Waals surface area contributed by atoms with Gasteiger partial charge in [-0.05, 0) is 46.5 Å². The number of benzene rings is 1. The predicted octanol–water partition coefficient (Wildman–Crippen LogP) is 1.55. The molecule has 0 bridgehead atoms. The average Bonchev–Trinajstić information content (AvgIpc) is 2.27. The third-order valence-electron chi connectivity index (χ3n) is 2.79. The summed E-state index contributed by atoms with van der Waals surface area (Å²) in [5.74, 6) is 0.875. The molecule has 0 spiro atoms. The highest BCUT2D eigenvalue weighted by Crippen LogP contribution is 2.29. The summed E-state index contributed by atoms with van der Waals surface area (Å²) in [7, 11) is -2.85. The molecule has 1 saturated heterocycles. The van der Waals surface area contributed by atoms with E-state index >= 15 is 0 Å². The third-order valence-corrected chi connectivity index (χ3v) is 5.17. The largest absolute Gasteiger partial charge is 0.487 e. The molecule has 1 heterocycles. The van der Waals surface area contributed by atoms with Crippen molar-refractivity contribution >= 4 is 25.8 Å². The maximum Gasteiger partial charge on any atom is 0.157 e. The molecule has 0 radical (unpaired) electrons. The maximum atomic E-state index is 11.0. The van der Waals surface area contributed by atoms with E-state index in [0.29, 0.717) is 5.75 Å². The molecule has 0 aliphatic carbocycles. The topological polar surface area (TPSA) is 63.6 Å². The van der Waals surface area contributed by atoms with Crippen molar-refractivity contribution in [3.8, 4) is 5.75 Å². The standard InChI is InChI=1S/C12H15BrO4S/c13-11-6-9(2-1-5-14)3-4-12(11)17-10-7-18(15,16)8-10/h3-4,6,10,14H,1-2,5,7-8H2. The Balaban J connectivity index is 1.97. The van der Waals surface area contributed by atoms with Crippen molar-refractivity contribution in [3.05, 3.63) is 28.2 Å². The highest BCUT2D eigenvalue weighted by Gasteiger charge is 2.35. The van der Waals surface area contributed by atoms with Crippen molar-refractivity contribution < 1.29 is 18.3 Å². The Kier molecular flexibility index (Phi) is 4.29. The van der Waals surface area contributed by atoms with E-state index in [1.807, 2.05) is 18.2 Å². The molecule has 1 aromatic rings. The first-order valence-electron chi connectivity index (χ1n) is 5.76. The van der Waals surface area contributed by atoms with Crippen LogP contribution in [0.3, 0.4) is 0 Å². The van der Waals surface area contributed by atoms with Crippen LogP contribution in [0.5, 0.6) is 5.75 Å². The molecule has 0 amide bonds. The van der Waals surface area contributed by atoms with Gasteiger partial charge < -0.3 is 9.84 Å². The number of aryl methyl sites for hydroxylation is 1. The second-order valence-electron chi connectivity index (χ2n) is 4.41. The van der Waals surface area contributed by atoms with E-state index in [4.69, 9.17) is 9.84 Å². The van der Waals surface area contributed by atoms with Crippen molar-refractivity contribution in [1.29, 1.82) is 0 Å². The van der Waals surface area contributed by atoms with Crippen molar-refractivity contribution in [2.45, 2.75) is 18.9 Å². The summed E-state index contributed by atoms with van der Waals surface area (Å²) in [6.45, 7) is 0.176. The lowest BCUT2D eigenvalue weighted by atomic mass is 10.1. The zero-order valence-corrected chi connectivity index (χ0v) is 12.2. The van der Waals surface area contributed by atoms with E-state index < -0.39 is 9.84 Å². The van der Waals surface area contributed by atoms with Crippen LogP contribution >= 0.6 is 15.9 Å². The van der Waals surface area contributed by atoms with E-state index in [2.05, 4.69) is 15.9 Å². The summed E-state index contributed by atoms with van der Waals surface area (Å²) in [6.07, 6.45) is 1.32. The quantitative estimate of drug-likeness (QED) is 0.887. The molecule has 1 aliphatic rings. The van der Waals surface area contributed by atoms with Gasteiger partial charge in [0.05, 0.1) is 16.0 Å². The summed E-state index contributed by atoms with van der Waals surface area (Å²) in [4.78, 5) is 0. The van der Waals surface area contributed by atoms with Crippen molar-refractivity contribution in [1.82, 2.24) is 0 Å². The first kappa shape index (κ1) is 13.8. The third kappa shape index (κ3) is 3.46. The van der Waals surface area contributed by atoms with Crippen LogP contribution in [0.2, 0.25) is 0 Å². The molecule has 0 saturated carbocycles. The summed E-state index contributed by atoms with van der Waals surface area (Å²) in [6, 6.07) is 5.71. The number of ether oxygens (including phenoxy) is 1. The Bertz CT molecular complexity index is 515. The van der Waals surface area contributed by atoms with Crippen molar-refractivity contribution in [2.75, 3.05) is 18.1 Å². The fourth-order valence-electron chi connectivity index (χ4n) is 1.84. The van der Waals surface area contributed by atoms with Gasteiger partial charge in [-0.1, -0.05) is 6.07 Å². The Morgan fingerprint density at radius 1 is 1.39 bits per heavy atom. The second-order valence-corrected chi connectivity index (χ2v) is 7.42. The molecule has 0 atom stereocenters. The molecule has 18 heavy (non-hydrogen) atoms. The molecular formula is C12H15BrO4S. The van der Waals surface area contributed by atoms with E-state index in [9.17, 15) is 8.42 Å². The van der Waals surface area contributed by atoms with Gasteiger partial charge in [-0.15, -0.1) is 0 Å². The number of aliphatic hydroxyl groups is 1. The minimum atomic E-state index is -2.85. The number of hydrogen-bond acceptors (Lipinski definition) is 4. The molecule has 0 unspecified atom stereocenters. The van der Waals surface area contributed by atoms with E-state index in [0.717, 1.165) is 22.9 Å². The maximum absolute atomic E-state index is 11.0. The molecule has 2 rings (SSSR count). The fraction of sp³-hybridized carbons (Fsp3) is 0.500. The minimum Gasteiger partial charge on any atom is -0.487 e. The first-order chi connectivity index (χ1) is 8.50. The van der Waals surface area contributed by atoms with Crippen LogP contribution in [0.1, 0.15) is 12.0 Å². The number of sulfone groups is 1. The normalized spacial score (nSPS) is 18.3. The number of aliphatic hydroxyl groups excluding tert-OH is 1. The van der Waals surface area contributed by atoms with Crippen LogP contribution in [-0.2, 0) is 16.3 Å². The van der Waals surface area contributed by atoms with Crippen LogP contribution in [-0.4, -0.2) is 37.7 Å². The molecule has 0 aromatic heterocycles. The lowest BCUT2D eigenvalue weighted by Crippen LogP contribution is -2.45. The molecular weight excluding hydrogens is 320 g/mol. The average molecular weight is 335 g/mol. The predicted molar refractivity (Wildman–Crippen MR) is 72.6 cm³/mol. The monoisotopic (exact) mass is 334 g/mol. The second kappa shape index (κ2) is 5.59. The molecule has 1 aromatic carbocycles. The van der Waals surface area contributed by atoms with Crippen molar-refractivity contribution in [3.63, 3.8) is 0 Å². The number of hydrogen-bond donors (Lipinski definition) is 1. The lowest BCUT2D eigenvalue weighted by molar-refractivity contribution is 0.229. The Hall–Kier alpha value is -0.590. The van der Waals surface area contributed by atoms with Gasteiger partial charge in [0, 0.05) is 6.61 Å². The zero-order valence-electron chi connectivity index (χ0n) is 9.80. The summed E-state index contributed by atoms with van der Waals surface area (Å²) in [5, 5.41) is 8.77. The SMILES string of the molecule is O=S1(=O)CC(Oc2ccc(CCCO)cc2Br)C1. The Labute approximate surface area is 115 Å². The van der Waals surface area contributed by atoms with Gasteiger partial charge in [0.15, 0.2) is 9.84 Å². The smallest absolute Gasteiger partial charge is 0.157 e. The highest BCUT2D eigenvalue weighted by molar-refractivity contribution is 9.10. The van der Waals surface area contributed by atoms with Gasteiger partial charge in [0.2, 0.25) is 0 Å². The summed E-state index contributed by atoms with van der Waals surface area (Å²) in [5.41, 5.74) is 1.12. The minimum absolute atomic E-state index is 0.103. The van der Waals surface area contributed by atoms with Crippen molar-refractivity contribution in [2.24, 2.45) is 0 Å². The van der Waals surface area contributed by atoms with E-state index in [1.165, 1.54) is 0 Å². The Morgan fingerprint density at radius 2 is 2.11 bits per heavy atom. The zero-order chi connectivity index (χ0) is 13.2. The molecule has 1 fully saturated rings.